The van der Waals surface area contributed by atoms with Crippen LogP contribution in [-0.2, 0) is 6.54 Å². The summed E-state index contributed by atoms with van der Waals surface area (Å²) >= 11 is 3.93. The van der Waals surface area contributed by atoms with Gasteiger partial charge in [0.05, 0.1) is 4.58 Å². The first kappa shape index (κ1) is 19.4. The van der Waals surface area contributed by atoms with Crippen molar-refractivity contribution in [2.45, 2.75) is 30.0 Å². The number of hydrogen-bond acceptors (Lipinski definition) is 4. The molecule has 0 bridgehead atoms. The second-order valence-electron chi connectivity index (χ2n) is 7.30. The third-order valence-electron chi connectivity index (χ3n) is 4.95. The quantitative estimate of drug-likeness (QED) is 0.767. The zero-order valence-electron chi connectivity index (χ0n) is 15.9. The monoisotopic (exact) mass is 412 g/mol. The van der Waals surface area contributed by atoms with Crippen LogP contribution in [0.25, 0.3) is 0 Å². The van der Waals surface area contributed by atoms with Gasteiger partial charge in [-0.15, -0.1) is 23.5 Å². The first-order valence-electron chi connectivity index (χ1n) is 9.58. The fourth-order valence-electron chi connectivity index (χ4n) is 3.16. The maximum atomic E-state index is 12.7. The number of thioether (sulfide) groups is 2. The Morgan fingerprint density at radius 1 is 0.964 bits per heavy atom. The summed E-state index contributed by atoms with van der Waals surface area (Å²) in [5, 5.41) is 2.99. The van der Waals surface area contributed by atoms with Crippen LogP contribution in [0.2, 0.25) is 0 Å². The van der Waals surface area contributed by atoms with E-state index >= 15 is 0 Å². The Morgan fingerprint density at radius 2 is 1.57 bits per heavy atom. The Balaban J connectivity index is 1.35. The van der Waals surface area contributed by atoms with Gasteiger partial charge in [-0.2, -0.15) is 0 Å². The zero-order chi connectivity index (χ0) is 19.5. The van der Waals surface area contributed by atoms with Crippen LogP contribution in [-0.4, -0.2) is 41.3 Å². The molecule has 2 amide bonds. The van der Waals surface area contributed by atoms with E-state index in [1.165, 1.54) is 17.1 Å². The fourth-order valence-corrected chi connectivity index (χ4v) is 6.02. The number of hydrogen-bond donors (Lipinski definition) is 1. The summed E-state index contributed by atoms with van der Waals surface area (Å²) in [4.78, 5) is 26.5. The molecule has 2 aromatic carbocycles. The van der Waals surface area contributed by atoms with Gasteiger partial charge in [-0.25, -0.2) is 0 Å². The van der Waals surface area contributed by atoms with Crippen molar-refractivity contribution in [2.24, 2.45) is 0 Å². The van der Waals surface area contributed by atoms with Crippen molar-refractivity contribution in [2.75, 3.05) is 18.6 Å². The van der Waals surface area contributed by atoms with Crippen molar-refractivity contribution in [3.8, 4) is 0 Å². The minimum absolute atomic E-state index is 0.00818. The third-order valence-corrected chi connectivity index (χ3v) is 8.05. The van der Waals surface area contributed by atoms with Gasteiger partial charge in [0.2, 0.25) is 0 Å². The first-order chi connectivity index (χ1) is 13.6. The SMILES string of the molecule is CN(Cc1ccc(C(=O)NC2CC2)cc1)C(=O)c1ccc(C2SCCS2)cc1. The van der Waals surface area contributed by atoms with Crippen molar-refractivity contribution < 1.29 is 9.59 Å². The van der Waals surface area contributed by atoms with Crippen LogP contribution in [0.1, 0.15) is 49.3 Å². The standard InChI is InChI=1S/C22H24N2O2S2/c1-24(14-15-2-4-16(5-3-15)20(25)23-19-10-11-19)21(26)17-6-8-18(9-7-17)22-27-12-13-28-22/h2-9,19,22H,10-14H2,1H3,(H,23,25). The Bertz CT molecular complexity index is 842. The lowest BCUT2D eigenvalue weighted by Crippen LogP contribution is -2.26. The summed E-state index contributed by atoms with van der Waals surface area (Å²) in [7, 11) is 1.81. The van der Waals surface area contributed by atoms with E-state index in [1.54, 1.807) is 4.90 Å². The number of carbonyl (C=O) groups excluding carboxylic acids is 2. The molecule has 0 atom stereocenters. The number of carbonyl (C=O) groups is 2. The van der Waals surface area contributed by atoms with Crippen molar-refractivity contribution in [3.63, 3.8) is 0 Å². The molecule has 1 N–H and O–H groups in total. The molecule has 0 aromatic heterocycles. The highest BCUT2D eigenvalue weighted by molar-refractivity contribution is 8.19. The molecule has 1 aliphatic carbocycles. The predicted octanol–water partition coefficient (Wildman–Crippen LogP) is 4.33. The average molecular weight is 413 g/mol. The lowest BCUT2D eigenvalue weighted by atomic mass is 10.1. The van der Waals surface area contributed by atoms with Gasteiger partial charge < -0.3 is 10.2 Å². The summed E-state index contributed by atoms with van der Waals surface area (Å²) in [5.74, 6) is 2.38. The van der Waals surface area contributed by atoms with Crippen LogP contribution in [0.3, 0.4) is 0 Å². The number of nitrogens with one attached hydrogen (secondary N) is 1. The van der Waals surface area contributed by atoms with Gasteiger partial charge in [0.25, 0.3) is 11.8 Å². The number of nitrogens with zero attached hydrogens (tertiary/aromatic N) is 1. The first-order valence-corrected chi connectivity index (χ1v) is 11.7. The molecule has 6 heteroatoms. The molecular formula is C22H24N2O2S2. The van der Waals surface area contributed by atoms with Crippen LogP contribution >= 0.6 is 23.5 Å². The highest BCUT2D eigenvalue weighted by atomic mass is 32.2. The fraction of sp³-hybridized carbons (Fsp3) is 0.364. The van der Waals surface area contributed by atoms with E-state index in [9.17, 15) is 9.59 Å². The molecule has 0 radical (unpaired) electrons. The summed E-state index contributed by atoms with van der Waals surface area (Å²) < 4.78 is 0.498. The minimum Gasteiger partial charge on any atom is -0.349 e. The number of benzene rings is 2. The lowest BCUT2D eigenvalue weighted by Gasteiger charge is -2.18. The Labute approximate surface area is 174 Å². The van der Waals surface area contributed by atoms with Gasteiger partial charge in [-0.05, 0) is 48.2 Å². The van der Waals surface area contributed by atoms with Crippen LogP contribution in [0.4, 0.5) is 0 Å². The molecule has 28 heavy (non-hydrogen) atoms. The van der Waals surface area contributed by atoms with E-state index in [-0.39, 0.29) is 11.8 Å². The van der Waals surface area contributed by atoms with E-state index in [0.717, 1.165) is 18.4 Å². The third kappa shape index (κ3) is 4.73. The summed E-state index contributed by atoms with van der Waals surface area (Å²) in [6, 6.07) is 15.9. The van der Waals surface area contributed by atoms with Crippen LogP contribution in [0.5, 0.6) is 0 Å². The van der Waals surface area contributed by atoms with Crippen LogP contribution in [0, 0.1) is 0 Å². The normalized spacial score (nSPS) is 16.8. The Morgan fingerprint density at radius 3 is 2.18 bits per heavy atom. The van der Waals surface area contributed by atoms with E-state index in [0.29, 0.717) is 28.3 Å². The predicted molar refractivity (Wildman–Crippen MR) is 117 cm³/mol. The van der Waals surface area contributed by atoms with Gasteiger partial charge in [0.1, 0.15) is 0 Å². The van der Waals surface area contributed by atoms with Crippen LogP contribution < -0.4 is 5.32 Å². The molecule has 2 fully saturated rings. The van der Waals surface area contributed by atoms with Crippen molar-refractivity contribution in [1.29, 1.82) is 0 Å². The van der Waals surface area contributed by atoms with Gasteiger partial charge in [0.15, 0.2) is 0 Å². The number of rotatable bonds is 6. The Kier molecular flexibility index (Phi) is 5.97. The average Bonchev–Trinajstić information content (AvgIpc) is 3.36. The largest absolute Gasteiger partial charge is 0.349 e. The number of amides is 2. The smallest absolute Gasteiger partial charge is 0.253 e. The molecule has 1 saturated heterocycles. The molecule has 1 aliphatic heterocycles. The second-order valence-corrected chi connectivity index (χ2v) is 10.0. The summed E-state index contributed by atoms with van der Waals surface area (Å²) in [6.07, 6.45) is 2.16. The Hall–Kier alpha value is -1.92. The van der Waals surface area contributed by atoms with Crippen LogP contribution in [0.15, 0.2) is 48.5 Å². The molecule has 2 aliphatic rings. The summed E-state index contributed by atoms with van der Waals surface area (Å²) in [5.41, 5.74) is 3.67. The summed E-state index contributed by atoms with van der Waals surface area (Å²) in [6.45, 7) is 0.513. The maximum Gasteiger partial charge on any atom is 0.253 e. The van der Waals surface area contributed by atoms with Crippen molar-refractivity contribution in [1.82, 2.24) is 10.2 Å². The van der Waals surface area contributed by atoms with Crippen molar-refractivity contribution in [3.05, 3.63) is 70.8 Å². The molecule has 1 saturated carbocycles. The minimum atomic E-state index is -0.0165. The van der Waals surface area contributed by atoms with E-state index in [1.807, 2.05) is 67.0 Å². The van der Waals surface area contributed by atoms with E-state index in [4.69, 9.17) is 0 Å². The molecule has 146 valence electrons. The topological polar surface area (TPSA) is 49.4 Å². The molecule has 0 spiro atoms. The van der Waals surface area contributed by atoms with E-state index in [2.05, 4.69) is 17.4 Å². The van der Waals surface area contributed by atoms with E-state index < -0.39 is 0 Å². The zero-order valence-corrected chi connectivity index (χ0v) is 17.5. The van der Waals surface area contributed by atoms with Gasteiger partial charge >= 0.3 is 0 Å². The van der Waals surface area contributed by atoms with Gasteiger partial charge in [-0.3, -0.25) is 9.59 Å². The molecule has 4 rings (SSSR count). The highest BCUT2D eigenvalue weighted by Crippen LogP contribution is 2.45. The molecule has 1 heterocycles. The molecule has 0 unspecified atom stereocenters. The maximum absolute atomic E-state index is 12.7. The second kappa shape index (κ2) is 8.62. The molecular weight excluding hydrogens is 388 g/mol. The highest BCUT2D eigenvalue weighted by Gasteiger charge is 2.23. The van der Waals surface area contributed by atoms with Gasteiger partial charge in [0, 0.05) is 42.3 Å². The van der Waals surface area contributed by atoms with Crippen molar-refractivity contribution >= 4 is 35.3 Å². The lowest BCUT2D eigenvalue weighted by molar-refractivity contribution is 0.0784. The molecule has 2 aromatic rings. The molecule has 4 nitrogen and oxygen atoms in total. The van der Waals surface area contributed by atoms with Gasteiger partial charge in [-0.1, -0.05) is 24.3 Å².